The summed E-state index contributed by atoms with van der Waals surface area (Å²) in [7, 11) is 1.61. The minimum absolute atomic E-state index is 0.00143. The van der Waals surface area contributed by atoms with Gasteiger partial charge in [0.25, 0.3) is 0 Å². The Bertz CT molecular complexity index is 838. The van der Waals surface area contributed by atoms with Gasteiger partial charge in [-0.15, -0.1) is 0 Å². The summed E-state index contributed by atoms with van der Waals surface area (Å²) in [5.41, 5.74) is 1.88. The van der Waals surface area contributed by atoms with Crippen molar-refractivity contribution in [3.05, 3.63) is 54.4 Å². The third-order valence-electron chi connectivity index (χ3n) is 5.71. The van der Waals surface area contributed by atoms with Gasteiger partial charge in [0.1, 0.15) is 5.75 Å². The van der Waals surface area contributed by atoms with Gasteiger partial charge in [-0.3, -0.25) is 14.6 Å². The van der Waals surface area contributed by atoms with Crippen LogP contribution in [0.5, 0.6) is 5.75 Å². The van der Waals surface area contributed by atoms with Crippen molar-refractivity contribution in [3.63, 3.8) is 0 Å². The number of hydrogen-bond acceptors (Lipinski definition) is 4. The number of anilines is 1. The highest BCUT2D eigenvalue weighted by Crippen LogP contribution is 2.34. The molecule has 6 heteroatoms. The molecule has 146 valence electrons. The van der Waals surface area contributed by atoms with Crippen molar-refractivity contribution in [2.75, 3.05) is 25.1 Å². The number of amides is 2. The van der Waals surface area contributed by atoms with Crippen LogP contribution in [0.15, 0.2) is 48.8 Å². The van der Waals surface area contributed by atoms with Crippen molar-refractivity contribution >= 4 is 17.5 Å². The van der Waals surface area contributed by atoms with E-state index < -0.39 is 0 Å². The Labute approximate surface area is 165 Å². The zero-order valence-electron chi connectivity index (χ0n) is 16.1. The molecule has 4 rings (SSSR count). The van der Waals surface area contributed by atoms with Crippen molar-refractivity contribution in [1.29, 1.82) is 0 Å². The molecule has 6 nitrogen and oxygen atoms in total. The molecule has 2 aromatic rings. The number of nitrogens with zero attached hydrogens (tertiary/aromatic N) is 3. The molecule has 3 heterocycles. The van der Waals surface area contributed by atoms with Crippen LogP contribution in [-0.2, 0) is 9.59 Å². The van der Waals surface area contributed by atoms with Gasteiger partial charge in [-0.05, 0) is 55.2 Å². The maximum absolute atomic E-state index is 13.3. The quantitative estimate of drug-likeness (QED) is 0.818. The van der Waals surface area contributed by atoms with Crippen molar-refractivity contribution < 1.29 is 14.3 Å². The average molecular weight is 379 g/mol. The van der Waals surface area contributed by atoms with Crippen LogP contribution >= 0.6 is 0 Å². The predicted octanol–water partition coefficient (Wildman–Crippen LogP) is 3.20. The van der Waals surface area contributed by atoms with Gasteiger partial charge in [0.2, 0.25) is 11.8 Å². The molecule has 2 saturated heterocycles. The molecule has 2 fully saturated rings. The molecule has 2 atom stereocenters. The molecule has 0 radical (unpaired) electrons. The first-order valence-corrected chi connectivity index (χ1v) is 9.82. The van der Waals surface area contributed by atoms with E-state index in [0.717, 1.165) is 42.8 Å². The number of rotatable bonds is 4. The van der Waals surface area contributed by atoms with E-state index in [9.17, 15) is 9.59 Å². The van der Waals surface area contributed by atoms with Gasteiger partial charge in [0.05, 0.1) is 19.1 Å². The van der Waals surface area contributed by atoms with Crippen LogP contribution in [0.1, 0.15) is 37.3 Å². The lowest BCUT2D eigenvalue weighted by molar-refractivity contribution is -0.139. The lowest BCUT2D eigenvalue weighted by Crippen LogP contribution is -2.42. The van der Waals surface area contributed by atoms with E-state index in [4.69, 9.17) is 4.74 Å². The van der Waals surface area contributed by atoms with E-state index in [1.54, 1.807) is 18.2 Å². The molecule has 2 amide bonds. The van der Waals surface area contributed by atoms with Crippen LogP contribution in [0.25, 0.3) is 0 Å². The van der Waals surface area contributed by atoms with Crippen LogP contribution in [0.4, 0.5) is 5.69 Å². The third-order valence-corrected chi connectivity index (χ3v) is 5.71. The molecule has 2 aliphatic rings. The topological polar surface area (TPSA) is 62.7 Å². The Kier molecular flexibility index (Phi) is 5.28. The van der Waals surface area contributed by atoms with Crippen LogP contribution in [0.2, 0.25) is 0 Å². The molecule has 28 heavy (non-hydrogen) atoms. The summed E-state index contributed by atoms with van der Waals surface area (Å²) in [4.78, 5) is 33.8. The number of benzene rings is 1. The number of piperidine rings is 1. The first kappa shape index (κ1) is 18.5. The second kappa shape index (κ2) is 8.00. The standard InChI is InChI=1S/C22H25N3O3/c1-28-19-9-7-18(8-10-19)25-15-17(13-21(25)26)22(27)24-12-3-2-6-20(24)16-5-4-11-23-14-16/h4-5,7-11,14,17,20H,2-3,6,12-13,15H2,1H3/t17-,20+/m0/s1. The second-order valence-corrected chi connectivity index (χ2v) is 7.43. The summed E-state index contributed by atoms with van der Waals surface area (Å²) < 4.78 is 5.18. The molecule has 0 bridgehead atoms. The van der Waals surface area contributed by atoms with Gasteiger partial charge in [-0.2, -0.15) is 0 Å². The second-order valence-electron chi connectivity index (χ2n) is 7.43. The fourth-order valence-corrected chi connectivity index (χ4v) is 4.23. The van der Waals surface area contributed by atoms with E-state index in [1.807, 2.05) is 47.5 Å². The summed E-state index contributed by atoms with van der Waals surface area (Å²) in [5, 5.41) is 0. The zero-order valence-corrected chi connectivity index (χ0v) is 16.1. The molecule has 1 aromatic heterocycles. The Balaban J connectivity index is 1.50. The highest BCUT2D eigenvalue weighted by Gasteiger charge is 2.39. The lowest BCUT2D eigenvalue weighted by Gasteiger charge is -2.37. The molecule has 0 saturated carbocycles. The fourth-order valence-electron chi connectivity index (χ4n) is 4.23. The zero-order chi connectivity index (χ0) is 19.5. The number of ether oxygens (including phenoxy) is 1. The average Bonchev–Trinajstić information content (AvgIpc) is 3.15. The van der Waals surface area contributed by atoms with Crippen molar-refractivity contribution in [2.45, 2.75) is 31.7 Å². The van der Waals surface area contributed by atoms with Gasteiger partial charge in [-0.1, -0.05) is 6.07 Å². The van der Waals surface area contributed by atoms with Gasteiger partial charge >= 0.3 is 0 Å². The summed E-state index contributed by atoms with van der Waals surface area (Å²) in [6.45, 7) is 1.17. The van der Waals surface area contributed by atoms with Gasteiger partial charge < -0.3 is 14.5 Å². The number of carbonyl (C=O) groups is 2. The number of likely N-dealkylation sites (tertiary alicyclic amines) is 1. The monoisotopic (exact) mass is 379 g/mol. The van der Waals surface area contributed by atoms with Gasteiger partial charge in [0.15, 0.2) is 0 Å². The highest BCUT2D eigenvalue weighted by atomic mass is 16.5. The first-order chi connectivity index (χ1) is 13.7. The van der Waals surface area contributed by atoms with Gasteiger partial charge in [-0.25, -0.2) is 0 Å². The molecule has 2 aliphatic heterocycles. The summed E-state index contributed by atoms with van der Waals surface area (Å²) in [6.07, 6.45) is 6.91. The van der Waals surface area contributed by atoms with Crippen molar-refractivity contribution in [1.82, 2.24) is 9.88 Å². The molecule has 1 aromatic carbocycles. The Morgan fingerprint density at radius 1 is 1.18 bits per heavy atom. The number of methoxy groups -OCH3 is 1. The molecule has 0 spiro atoms. The number of aromatic nitrogens is 1. The van der Waals surface area contributed by atoms with Crippen LogP contribution in [0.3, 0.4) is 0 Å². The smallest absolute Gasteiger partial charge is 0.228 e. The summed E-state index contributed by atoms with van der Waals surface area (Å²) in [6, 6.07) is 11.4. The minimum Gasteiger partial charge on any atom is -0.497 e. The Hall–Kier alpha value is -2.89. The van der Waals surface area contributed by atoms with Gasteiger partial charge in [0, 0.05) is 37.6 Å². The molecule has 0 unspecified atom stereocenters. The lowest BCUT2D eigenvalue weighted by atomic mass is 9.94. The van der Waals surface area contributed by atoms with Crippen LogP contribution in [-0.4, -0.2) is 41.9 Å². The predicted molar refractivity (Wildman–Crippen MR) is 106 cm³/mol. The third kappa shape index (κ3) is 3.59. The van der Waals surface area contributed by atoms with Crippen molar-refractivity contribution in [3.8, 4) is 5.75 Å². The number of hydrogen-bond donors (Lipinski definition) is 0. The highest BCUT2D eigenvalue weighted by molar-refractivity contribution is 6.00. The normalized spacial score (nSPS) is 22.4. The van der Waals surface area contributed by atoms with E-state index in [1.165, 1.54) is 0 Å². The number of carbonyl (C=O) groups excluding carboxylic acids is 2. The minimum atomic E-state index is -0.299. The van der Waals surface area contributed by atoms with E-state index in [2.05, 4.69) is 4.98 Å². The maximum Gasteiger partial charge on any atom is 0.228 e. The summed E-state index contributed by atoms with van der Waals surface area (Å²) >= 11 is 0. The van der Waals surface area contributed by atoms with Crippen LogP contribution < -0.4 is 9.64 Å². The maximum atomic E-state index is 13.3. The van der Waals surface area contributed by atoms with E-state index in [0.29, 0.717) is 6.54 Å². The van der Waals surface area contributed by atoms with Crippen LogP contribution in [0, 0.1) is 5.92 Å². The first-order valence-electron chi connectivity index (χ1n) is 9.82. The SMILES string of the molecule is COc1ccc(N2C[C@@H](C(=O)N3CCCC[C@@H]3c3cccnc3)CC2=O)cc1. The molecular weight excluding hydrogens is 354 g/mol. The molecule has 0 N–H and O–H groups in total. The van der Waals surface area contributed by atoms with E-state index in [-0.39, 0.29) is 30.2 Å². The largest absolute Gasteiger partial charge is 0.497 e. The fraction of sp³-hybridized carbons (Fsp3) is 0.409. The number of pyridine rings is 1. The summed E-state index contributed by atoms with van der Waals surface area (Å²) in [5.74, 6) is 0.527. The molecular formula is C22H25N3O3. The Morgan fingerprint density at radius 2 is 2.00 bits per heavy atom. The molecule has 0 aliphatic carbocycles. The van der Waals surface area contributed by atoms with Crippen molar-refractivity contribution in [2.24, 2.45) is 5.92 Å². The van der Waals surface area contributed by atoms with E-state index >= 15 is 0 Å². The Morgan fingerprint density at radius 3 is 2.71 bits per heavy atom.